The van der Waals surface area contributed by atoms with E-state index in [0.29, 0.717) is 37.1 Å². The Kier molecular flexibility index (Phi) is 8.95. The van der Waals surface area contributed by atoms with E-state index in [0.717, 1.165) is 44.4 Å². The number of carbonyl (C=O) groups is 2. The lowest BCUT2D eigenvalue weighted by molar-refractivity contribution is -0.143. The van der Waals surface area contributed by atoms with Gasteiger partial charge in [-0.05, 0) is 50.2 Å². The molecule has 0 aromatic carbocycles. The molecule has 4 unspecified atom stereocenters. The summed E-state index contributed by atoms with van der Waals surface area (Å²) in [4.78, 5) is 29.9. The number of nitrogens with zero attached hydrogens (tertiary/aromatic N) is 2. The van der Waals surface area contributed by atoms with Gasteiger partial charge in [0.05, 0.1) is 11.5 Å². The minimum atomic E-state index is -4.45. The first kappa shape index (κ1) is 26.4. The Hall–Kier alpha value is -2.16. The van der Waals surface area contributed by atoms with Crippen LogP contribution in [0.5, 0.6) is 0 Å². The first-order valence-electron chi connectivity index (χ1n) is 12.4. The largest absolute Gasteiger partial charge is 0.481 e. The summed E-state index contributed by atoms with van der Waals surface area (Å²) in [5.74, 6) is -1.18. The Balaban J connectivity index is 0.00000103. The molecule has 2 aliphatic carbocycles. The van der Waals surface area contributed by atoms with Gasteiger partial charge < -0.3 is 15.3 Å². The molecule has 1 aromatic heterocycles. The third-order valence-electron chi connectivity index (χ3n) is 6.96. The van der Waals surface area contributed by atoms with Crippen molar-refractivity contribution < 1.29 is 27.9 Å². The maximum absolute atomic E-state index is 13.0. The summed E-state index contributed by atoms with van der Waals surface area (Å²) in [7, 11) is 0. The van der Waals surface area contributed by atoms with E-state index >= 15 is 0 Å². The first-order chi connectivity index (χ1) is 16.1. The monoisotopic (exact) mass is 483 g/mol. The van der Waals surface area contributed by atoms with Crippen LogP contribution in [0.2, 0.25) is 0 Å². The van der Waals surface area contributed by atoms with Crippen molar-refractivity contribution in [3.63, 3.8) is 0 Å². The number of halogens is 3. The smallest absolute Gasteiger partial charge is 0.417 e. The molecular formula is C25H36F3N3O3. The standard InChI is InChI=1S/C22H28F3N3O3.C3H8/c23-22(24,25)16-8-15-12-28(7-6-19(15)26-11-16)20(29)13-4-5-18(9-13)27-17-3-1-2-14(10-17)21(30)31;1-3-2/h8,11,13-14,17-18,27H,1-7,9-10,12H2,(H,30,31);3H2,1-2H3. The Bertz CT molecular complexity index is 862. The molecule has 2 heterocycles. The van der Waals surface area contributed by atoms with Gasteiger partial charge in [0, 0.05) is 49.4 Å². The first-order valence-corrected chi connectivity index (χ1v) is 12.4. The number of carboxylic acids is 1. The number of alkyl halides is 3. The number of nitrogens with one attached hydrogen (secondary N) is 1. The van der Waals surface area contributed by atoms with Gasteiger partial charge in [-0.15, -0.1) is 0 Å². The van der Waals surface area contributed by atoms with Gasteiger partial charge in [0.15, 0.2) is 0 Å². The van der Waals surface area contributed by atoms with Crippen LogP contribution in [0.15, 0.2) is 12.3 Å². The molecule has 0 saturated heterocycles. The lowest BCUT2D eigenvalue weighted by Gasteiger charge is -2.31. The molecule has 4 rings (SSSR count). The molecule has 0 bridgehead atoms. The zero-order valence-corrected chi connectivity index (χ0v) is 20.0. The van der Waals surface area contributed by atoms with Crippen LogP contribution >= 0.6 is 0 Å². The van der Waals surface area contributed by atoms with Crippen LogP contribution in [0.3, 0.4) is 0 Å². The van der Waals surface area contributed by atoms with Gasteiger partial charge >= 0.3 is 12.1 Å². The van der Waals surface area contributed by atoms with Crippen molar-refractivity contribution >= 4 is 11.9 Å². The maximum atomic E-state index is 13.0. The minimum Gasteiger partial charge on any atom is -0.481 e. The number of hydrogen-bond acceptors (Lipinski definition) is 4. The number of aromatic nitrogens is 1. The number of hydrogen-bond donors (Lipinski definition) is 2. The number of aliphatic carboxylic acids is 1. The number of rotatable bonds is 4. The van der Waals surface area contributed by atoms with Crippen molar-refractivity contribution in [3.8, 4) is 0 Å². The third-order valence-corrected chi connectivity index (χ3v) is 6.96. The van der Waals surface area contributed by atoms with Crippen LogP contribution in [0.4, 0.5) is 13.2 Å². The molecule has 9 heteroatoms. The molecule has 2 fully saturated rings. The molecule has 1 amide bonds. The average Bonchev–Trinajstić information content (AvgIpc) is 3.26. The highest BCUT2D eigenvalue weighted by Gasteiger charge is 2.37. The Labute approximate surface area is 199 Å². The molecule has 0 radical (unpaired) electrons. The lowest BCUT2D eigenvalue weighted by atomic mass is 9.85. The lowest BCUT2D eigenvalue weighted by Crippen LogP contribution is -2.42. The van der Waals surface area contributed by atoms with Gasteiger partial charge in [0.1, 0.15) is 0 Å². The molecule has 0 spiro atoms. The van der Waals surface area contributed by atoms with Gasteiger partial charge in [0.2, 0.25) is 5.91 Å². The number of amides is 1. The van der Waals surface area contributed by atoms with Crippen LogP contribution in [0.25, 0.3) is 0 Å². The second-order valence-corrected chi connectivity index (χ2v) is 9.82. The Morgan fingerprint density at radius 3 is 2.47 bits per heavy atom. The predicted octanol–water partition coefficient (Wildman–Crippen LogP) is 4.80. The summed E-state index contributed by atoms with van der Waals surface area (Å²) >= 11 is 0. The highest BCUT2D eigenvalue weighted by atomic mass is 19.4. The Morgan fingerprint density at radius 2 is 1.79 bits per heavy atom. The number of pyridine rings is 1. The summed E-state index contributed by atoms with van der Waals surface area (Å²) in [5.41, 5.74) is 0.329. The van der Waals surface area contributed by atoms with Gasteiger partial charge in [-0.3, -0.25) is 14.6 Å². The van der Waals surface area contributed by atoms with Crippen LogP contribution in [0, 0.1) is 11.8 Å². The van der Waals surface area contributed by atoms with E-state index in [1.54, 1.807) is 4.90 Å². The quantitative estimate of drug-likeness (QED) is 0.643. The zero-order valence-electron chi connectivity index (χ0n) is 20.0. The van der Waals surface area contributed by atoms with Crippen LogP contribution in [-0.4, -0.2) is 45.5 Å². The predicted molar refractivity (Wildman–Crippen MR) is 122 cm³/mol. The van der Waals surface area contributed by atoms with Crippen LogP contribution in [0.1, 0.15) is 82.0 Å². The summed E-state index contributed by atoms with van der Waals surface area (Å²) in [5, 5.41) is 12.8. The summed E-state index contributed by atoms with van der Waals surface area (Å²) < 4.78 is 39.0. The molecule has 4 atom stereocenters. The van der Waals surface area contributed by atoms with E-state index < -0.39 is 17.7 Å². The van der Waals surface area contributed by atoms with Crippen molar-refractivity contribution in [1.29, 1.82) is 0 Å². The van der Waals surface area contributed by atoms with Gasteiger partial charge in [0.25, 0.3) is 0 Å². The topological polar surface area (TPSA) is 82.5 Å². The van der Waals surface area contributed by atoms with E-state index in [1.807, 2.05) is 0 Å². The van der Waals surface area contributed by atoms with Crippen molar-refractivity contribution in [2.24, 2.45) is 11.8 Å². The third kappa shape index (κ3) is 6.71. The molecule has 34 heavy (non-hydrogen) atoms. The maximum Gasteiger partial charge on any atom is 0.417 e. The summed E-state index contributed by atoms with van der Waals surface area (Å²) in [6.07, 6.45) is 3.62. The highest BCUT2D eigenvalue weighted by molar-refractivity contribution is 5.79. The van der Waals surface area contributed by atoms with Crippen molar-refractivity contribution in [2.75, 3.05) is 6.54 Å². The minimum absolute atomic E-state index is 0.000539. The summed E-state index contributed by atoms with van der Waals surface area (Å²) in [6, 6.07) is 1.47. The van der Waals surface area contributed by atoms with E-state index in [4.69, 9.17) is 0 Å². The van der Waals surface area contributed by atoms with Gasteiger partial charge in [-0.25, -0.2) is 0 Å². The second-order valence-electron chi connectivity index (χ2n) is 9.82. The number of carbonyl (C=O) groups excluding carboxylic acids is 1. The van der Waals surface area contributed by atoms with Crippen LogP contribution in [-0.2, 0) is 28.7 Å². The van der Waals surface area contributed by atoms with E-state index in [1.165, 1.54) is 6.42 Å². The van der Waals surface area contributed by atoms with Crippen molar-refractivity contribution in [2.45, 2.75) is 96.4 Å². The molecule has 1 aliphatic heterocycles. The van der Waals surface area contributed by atoms with Gasteiger partial charge in [-0.1, -0.05) is 26.7 Å². The number of fused-ring (bicyclic) bond motifs is 1. The van der Waals surface area contributed by atoms with Crippen LogP contribution < -0.4 is 5.32 Å². The molecule has 6 nitrogen and oxygen atoms in total. The molecule has 2 N–H and O–H groups in total. The Morgan fingerprint density at radius 1 is 1.12 bits per heavy atom. The molecule has 3 aliphatic rings. The fraction of sp³-hybridized carbons (Fsp3) is 0.720. The molecule has 190 valence electrons. The highest BCUT2D eigenvalue weighted by Crippen LogP contribution is 2.34. The van der Waals surface area contributed by atoms with Crippen molar-refractivity contribution in [3.05, 3.63) is 29.1 Å². The fourth-order valence-electron chi connectivity index (χ4n) is 5.28. The molecular weight excluding hydrogens is 447 g/mol. The van der Waals surface area contributed by atoms with Gasteiger partial charge in [-0.2, -0.15) is 13.2 Å². The van der Waals surface area contributed by atoms with Crippen molar-refractivity contribution in [1.82, 2.24) is 15.2 Å². The fourth-order valence-corrected chi connectivity index (χ4v) is 5.28. The molecule has 2 saturated carbocycles. The molecule has 1 aromatic rings. The van der Waals surface area contributed by atoms with E-state index in [2.05, 4.69) is 24.1 Å². The van der Waals surface area contributed by atoms with E-state index in [9.17, 15) is 27.9 Å². The average molecular weight is 484 g/mol. The second kappa shape index (κ2) is 11.5. The zero-order chi connectivity index (χ0) is 24.9. The SMILES string of the molecule is CCC.O=C(O)C1CCCC(NC2CCC(C(=O)N3CCc4ncc(C(F)(F)F)cc4C3)C2)C1. The van der Waals surface area contributed by atoms with E-state index in [-0.39, 0.29) is 36.4 Å². The summed E-state index contributed by atoms with van der Waals surface area (Å²) in [6.45, 7) is 4.89. The normalized spacial score (nSPS) is 26.9. The number of carboxylic acid groups (broad SMARTS) is 1.